The highest BCUT2D eigenvalue weighted by Crippen LogP contribution is 2.20. The van der Waals surface area contributed by atoms with Gasteiger partial charge in [0.25, 0.3) is 0 Å². The number of guanidine groups is 6. The Morgan fingerprint density at radius 2 is 0.625 bits per heavy atom. The zero-order valence-corrected chi connectivity index (χ0v) is 63.6. The van der Waals surface area contributed by atoms with Crippen LogP contribution in [0.5, 0.6) is 0 Å². The highest BCUT2D eigenvalue weighted by Gasteiger charge is 2.40. The number of carbonyl (C=O) groups excluding carboxylic acids is 12. The monoisotopic (exact) mass is 1590 g/mol. The summed E-state index contributed by atoms with van der Waals surface area (Å²) in [6.07, 6.45) is -1.75. The van der Waals surface area contributed by atoms with E-state index in [0.29, 0.717) is 19.3 Å². The maximum absolute atomic E-state index is 15.0. The standard InChI is InChI=1S/C64H123N33O15/c1-34(98)47(68)58(112)97-32-12-21-44(97)57(111)96-43(22-23-45(67)99)56(110)95-42(20-11-31-86-64(79)80)55(109)94-41(19-10-30-85-63(77)78)54(108)93-40(18-9-29-84-62(75)76)53(107)92-39(17-8-28-83-61(73)74)52(106)91-38(16-7-27-82-60(71)72)51(105)90-37(14-3-5-25-66)50(104)89-36(13-2-4-24-65)49(103)88-35(15-6-26-81-59(69)70)48(102)87-33-46(100)101/h34-44,47,98H,2-33,65-66,68H2,1H3,(H2,67,99)(H,87,102)(H,88,103)(H,89,104)(H,90,105)(H,91,106)(H,92,107)(H,93,108)(H,94,109)(H,95,110)(H,96,111)(H,100,101)(H4,69,70,81)(H4,71,72,82)(H4,73,74,83)(H4,75,76,84)(H4,77,78,85)(H4,79,80,86)/t34-,35+,36+,37+,38+,39+,40+,41+,42+,43+,44+,47+/m1/s1. The topological polar surface area (TPSA) is 876 Å². The number of aliphatic hydroxyl groups is 1. The second-order valence-electron chi connectivity index (χ2n) is 26.4. The molecule has 1 rings (SSSR count). The van der Waals surface area contributed by atoms with Gasteiger partial charge in [-0.3, -0.25) is 92.3 Å². The van der Waals surface area contributed by atoms with E-state index in [4.69, 9.17) is 91.7 Å². The molecule has 0 spiro atoms. The molecule has 12 atom stereocenters. The summed E-state index contributed by atoms with van der Waals surface area (Å²) in [6, 6.07) is -16.3. The summed E-state index contributed by atoms with van der Waals surface area (Å²) in [6.45, 7) is 0.498. The zero-order chi connectivity index (χ0) is 84.4. The van der Waals surface area contributed by atoms with E-state index in [0.717, 1.165) is 4.90 Å². The molecule has 1 fully saturated rings. The van der Waals surface area contributed by atoms with Gasteiger partial charge in [-0.2, -0.15) is 0 Å². The minimum Gasteiger partial charge on any atom is -0.480 e. The molecule has 0 aromatic carbocycles. The number of carboxylic acid groups (broad SMARTS) is 1. The van der Waals surface area contributed by atoms with Crippen LogP contribution in [-0.2, 0) is 62.3 Å². The normalized spacial score (nSPS) is 15.2. The molecule has 1 aliphatic heterocycles. The molecule has 0 aromatic rings. The SMILES string of the molecule is C[C@@H](O)[C@H](N)C(=O)N1CCC[C@H]1C(=O)N[C@@H](CCC(N)=O)C(=O)N[C@@H](CCCN=C(N)N)C(=O)N[C@@H](CCCN=C(N)N)C(=O)N[C@@H](CCCN=C(N)N)C(=O)N[C@@H](CCCN=C(N)N)C(=O)N[C@@H](CCCN=C(N)N)C(=O)N[C@@H](CCCCN)C(=O)N[C@@H](CCCCN)C(=O)N[C@@H](CCCN=C(N)N)C(=O)NCC(=O)O. The van der Waals surface area contributed by atoms with Crippen molar-refractivity contribution in [3.05, 3.63) is 0 Å². The molecule has 112 heavy (non-hydrogen) atoms. The second-order valence-corrected chi connectivity index (χ2v) is 26.4. The van der Waals surface area contributed by atoms with Crippen LogP contribution in [0.4, 0.5) is 0 Å². The third-order valence-corrected chi connectivity index (χ3v) is 17.0. The lowest BCUT2D eigenvalue weighted by atomic mass is 10.0. The largest absolute Gasteiger partial charge is 0.480 e. The Labute approximate surface area is 648 Å². The summed E-state index contributed by atoms with van der Waals surface area (Å²) in [5, 5.41) is 45.1. The molecule has 48 heteroatoms. The lowest BCUT2D eigenvalue weighted by Crippen LogP contribution is -2.60. The average Bonchev–Trinajstić information content (AvgIpc) is 1.67. The lowest BCUT2D eigenvalue weighted by molar-refractivity contribution is -0.142. The number of nitrogens with one attached hydrogen (secondary N) is 10. The number of primary amides is 1. The third kappa shape index (κ3) is 42.5. The van der Waals surface area contributed by atoms with E-state index in [1.807, 2.05) is 0 Å². The van der Waals surface area contributed by atoms with Gasteiger partial charge in [-0.1, -0.05) is 0 Å². The fourth-order valence-electron chi connectivity index (χ4n) is 11.1. The van der Waals surface area contributed by atoms with Crippen LogP contribution in [0.2, 0.25) is 0 Å². The zero-order valence-electron chi connectivity index (χ0n) is 63.6. The highest BCUT2D eigenvalue weighted by atomic mass is 16.4. The predicted octanol–water partition coefficient (Wildman–Crippen LogP) is -12.9. The Kier molecular flexibility index (Phi) is 48.5. The van der Waals surface area contributed by atoms with Crippen LogP contribution in [0.25, 0.3) is 0 Å². The Morgan fingerprint density at radius 3 is 0.857 bits per heavy atom. The van der Waals surface area contributed by atoms with Crippen LogP contribution in [0.3, 0.4) is 0 Å². The van der Waals surface area contributed by atoms with Crippen molar-refractivity contribution in [2.45, 2.75) is 221 Å². The van der Waals surface area contributed by atoms with Gasteiger partial charge in [-0.15, -0.1) is 0 Å². The number of aliphatic hydroxyl groups excluding tert-OH is 1. The summed E-state index contributed by atoms with van der Waals surface area (Å²) in [5.41, 5.74) is 90.0. The summed E-state index contributed by atoms with van der Waals surface area (Å²) in [4.78, 5) is 206. The van der Waals surface area contributed by atoms with Crippen LogP contribution >= 0.6 is 0 Å². The van der Waals surface area contributed by atoms with E-state index >= 15 is 0 Å². The van der Waals surface area contributed by atoms with Gasteiger partial charge in [-0.05, 0) is 155 Å². The number of aliphatic carboxylic acids is 1. The van der Waals surface area contributed by atoms with Gasteiger partial charge in [0.15, 0.2) is 35.8 Å². The third-order valence-electron chi connectivity index (χ3n) is 17.0. The first-order chi connectivity index (χ1) is 52.9. The number of likely N-dealkylation sites (tertiary alicyclic amines) is 1. The molecule has 48 nitrogen and oxygen atoms in total. The van der Waals surface area contributed by atoms with Gasteiger partial charge in [0.05, 0.1) is 6.10 Å². The number of unbranched alkanes of at least 4 members (excludes halogenated alkanes) is 2. The van der Waals surface area contributed by atoms with Crippen LogP contribution in [0.1, 0.15) is 148 Å². The molecule has 0 saturated carbocycles. The Bertz CT molecular complexity index is 3220. The predicted molar refractivity (Wildman–Crippen MR) is 416 cm³/mol. The van der Waals surface area contributed by atoms with Crippen LogP contribution in [-0.4, -0.2) is 266 Å². The first-order valence-corrected chi connectivity index (χ1v) is 36.9. The van der Waals surface area contributed by atoms with E-state index in [9.17, 15) is 72.5 Å². The van der Waals surface area contributed by atoms with Crippen LogP contribution in [0.15, 0.2) is 30.0 Å². The number of carboxylic acids is 1. The highest BCUT2D eigenvalue weighted by molar-refractivity contribution is 6.00. The molecule has 12 amide bonds. The van der Waals surface area contributed by atoms with E-state index in [-0.39, 0.29) is 204 Å². The summed E-state index contributed by atoms with van der Waals surface area (Å²) >= 11 is 0. The van der Waals surface area contributed by atoms with E-state index < -0.39 is 169 Å². The van der Waals surface area contributed by atoms with Gasteiger partial charge in [0.2, 0.25) is 70.9 Å². The number of nitrogens with zero attached hydrogens (tertiary/aromatic N) is 7. The van der Waals surface area contributed by atoms with E-state index in [1.54, 1.807) is 0 Å². The molecule has 634 valence electrons. The summed E-state index contributed by atoms with van der Waals surface area (Å²) in [7, 11) is 0. The Hall–Kier alpha value is -11.4. The number of amides is 12. The van der Waals surface area contributed by atoms with Crippen molar-refractivity contribution in [3.63, 3.8) is 0 Å². The van der Waals surface area contributed by atoms with Crippen LogP contribution in [0, 0.1) is 0 Å². The number of hydrogen-bond acceptors (Lipinski definition) is 23. The average molecular weight is 1590 g/mol. The molecule has 0 unspecified atom stereocenters. The Morgan fingerprint density at radius 1 is 0.375 bits per heavy atom. The van der Waals surface area contributed by atoms with Gasteiger partial charge in [0, 0.05) is 52.2 Å². The summed E-state index contributed by atoms with van der Waals surface area (Å²) in [5.74, 6) is -14.3. The number of aliphatic imine (C=N–C) groups is 6. The fraction of sp³-hybridized carbons (Fsp3) is 0.703. The van der Waals surface area contributed by atoms with Crippen molar-refractivity contribution in [2.24, 2.45) is 122 Å². The smallest absolute Gasteiger partial charge is 0.322 e. The maximum atomic E-state index is 15.0. The lowest BCUT2D eigenvalue weighted by Gasteiger charge is -2.30. The van der Waals surface area contributed by atoms with Gasteiger partial charge < -0.3 is 160 Å². The number of rotatable bonds is 58. The van der Waals surface area contributed by atoms with Crippen molar-refractivity contribution in [2.75, 3.05) is 65.4 Å². The molecule has 0 aliphatic carbocycles. The molecule has 44 N–H and O–H groups in total. The first-order valence-electron chi connectivity index (χ1n) is 36.9. The molecule has 0 aromatic heterocycles. The van der Waals surface area contributed by atoms with E-state index in [2.05, 4.69) is 83.1 Å². The quantitative estimate of drug-likeness (QED) is 0.0153. The minimum absolute atomic E-state index is 0.00394. The molecule has 0 bridgehead atoms. The van der Waals surface area contributed by atoms with Crippen molar-refractivity contribution in [1.29, 1.82) is 0 Å². The minimum atomic E-state index is -1.62. The van der Waals surface area contributed by atoms with Gasteiger partial charge >= 0.3 is 5.97 Å². The van der Waals surface area contributed by atoms with Crippen molar-refractivity contribution >= 4 is 113 Å². The second kappa shape index (κ2) is 55.0. The molecular formula is C64H123N33O15. The molecule has 1 heterocycles. The Balaban J connectivity index is 4.05. The van der Waals surface area contributed by atoms with Crippen molar-refractivity contribution < 1.29 is 72.5 Å². The van der Waals surface area contributed by atoms with Gasteiger partial charge in [0.1, 0.15) is 73.0 Å². The maximum Gasteiger partial charge on any atom is 0.322 e. The summed E-state index contributed by atoms with van der Waals surface area (Å²) < 4.78 is 0. The number of nitrogens with two attached hydrogens (primary N) is 16. The number of carbonyl (C=O) groups is 13. The fourth-order valence-corrected chi connectivity index (χ4v) is 11.1. The van der Waals surface area contributed by atoms with Gasteiger partial charge in [-0.25, -0.2) is 0 Å². The van der Waals surface area contributed by atoms with Crippen molar-refractivity contribution in [1.82, 2.24) is 58.1 Å². The first kappa shape index (κ1) is 98.6. The van der Waals surface area contributed by atoms with Crippen LogP contribution < -0.4 is 145 Å². The number of hydrogen-bond donors (Lipinski definition) is 28. The molecule has 0 radical (unpaired) electrons. The van der Waals surface area contributed by atoms with Crippen molar-refractivity contribution in [3.8, 4) is 0 Å². The molecule has 1 aliphatic rings. The molecule has 1 saturated heterocycles. The van der Waals surface area contributed by atoms with E-state index in [1.165, 1.54) is 6.92 Å². The molecular weight excluding hydrogens is 1470 g/mol.